The van der Waals surface area contributed by atoms with Gasteiger partial charge in [0, 0.05) is 44.3 Å². The second-order valence-electron chi connectivity index (χ2n) is 5.54. The molecule has 110 valence electrons. The van der Waals surface area contributed by atoms with Gasteiger partial charge in [-0.05, 0) is 18.2 Å². The topological polar surface area (TPSA) is 51.0 Å². The zero-order chi connectivity index (χ0) is 14.1. The summed E-state index contributed by atoms with van der Waals surface area (Å²) in [5.41, 5.74) is 7.59. The van der Waals surface area contributed by atoms with Crippen LogP contribution in [0.25, 0.3) is 0 Å². The van der Waals surface area contributed by atoms with Crippen molar-refractivity contribution >= 4 is 0 Å². The zero-order valence-electron chi connectivity index (χ0n) is 12.2. The van der Waals surface area contributed by atoms with E-state index < -0.39 is 0 Å². The Balaban J connectivity index is 1.87. The second-order valence-corrected chi connectivity index (χ2v) is 5.54. The fraction of sp³-hybridized carbons (Fsp3) is 0.600. The van der Waals surface area contributed by atoms with Crippen molar-refractivity contribution in [3.05, 3.63) is 23.8 Å². The summed E-state index contributed by atoms with van der Waals surface area (Å²) in [6.45, 7) is 5.60. The van der Waals surface area contributed by atoms with Crippen LogP contribution >= 0.6 is 0 Å². The van der Waals surface area contributed by atoms with Crippen LogP contribution in [0.15, 0.2) is 18.2 Å². The summed E-state index contributed by atoms with van der Waals surface area (Å²) in [5, 5.41) is 0. The van der Waals surface area contributed by atoms with E-state index in [2.05, 4.69) is 9.80 Å². The number of fused-ring (bicyclic) bond motifs is 3. The van der Waals surface area contributed by atoms with E-state index in [4.69, 9.17) is 15.2 Å². The van der Waals surface area contributed by atoms with Gasteiger partial charge >= 0.3 is 0 Å². The highest BCUT2D eigenvalue weighted by Crippen LogP contribution is 2.33. The first kappa shape index (κ1) is 13.7. The smallest absolute Gasteiger partial charge is 0.123 e. The van der Waals surface area contributed by atoms with Crippen LogP contribution in [0.4, 0.5) is 0 Å². The molecule has 3 aliphatic heterocycles. The molecule has 2 atom stereocenters. The fourth-order valence-electron chi connectivity index (χ4n) is 3.31. The molecule has 3 aliphatic rings. The number of ether oxygens (including phenoxy) is 2. The Kier molecular flexibility index (Phi) is 3.83. The van der Waals surface area contributed by atoms with Crippen molar-refractivity contribution in [3.63, 3.8) is 0 Å². The van der Waals surface area contributed by atoms with Gasteiger partial charge in [0.1, 0.15) is 11.5 Å². The molecular weight excluding hydrogens is 254 g/mol. The van der Waals surface area contributed by atoms with Gasteiger partial charge in [0.15, 0.2) is 0 Å². The van der Waals surface area contributed by atoms with E-state index in [1.54, 1.807) is 14.2 Å². The van der Waals surface area contributed by atoms with Gasteiger partial charge in [0.05, 0.1) is 20.3 Å². The quantitative estimate of drug-likeness (QED) is 0.878. The Hall–Kier alpha value is -1.30. The minimum atomic E-state index is -0.0526. The lowest BCUT2D eigenvalue weighted by Crippen LogP contribution is -2.63. The van der Waals surface area contributed by atoms with Crippen LogP contribution in [-0.2, 0) is 0 Å². The minimum absolute atomic E-state index is 0.0526. The maximum atomic E-state index is 6.55. The molecule has 0 aliphatic carbocycles. The summed E-state index contributed by atoms with van der Waals surface area (Å²) in [5.74, 6) is 1.67. The maximum Gasteiger partial charge on any atom is 0.123 e. The molecule has 5 nitrogen and oxygen atoms in total. The van der Waals surface area contributed by atoms with Gasteiger partial charge in [-0.25, -0.2) is 0 Å². The lowest BCUT2D eigenvalue weighted by molar-refractivity contribution is 0.00185. The highest BCUT2D eigenvalue weighted by molar-refractivity contribution is 5.43. The lowest BCUT2D eigenvalue weighted by Gasteiger charge is -2.49. The van der Waals surface area contributed by atoms with Gasteiger partial charge in [-0.15, -0.1) is 0 Å². The Morgan fingerprint density at radius 1 is 1.15 bits per heavy atom. The van der Waals surface area contributed by atoms with Crippen LogP contribution in [0, 0.1) is 0 Å². The third-order valence-electron chi connectivity index (χ3n) is 4.53. The van der Waals surface area contributed by atoms with Crippen molar-refractivity contribution in [2.45, 2.75) is 12.1 Å². The average Bonchev–Trinajstić information content (AvgIpc) is 2.54. The molecule has 0 radical (unpaired) electrons. The molecule has 0 aromatic heterocycles. The van der Waals surface area contributed by atoms with Crippen LogP contribution < -0.4 is 15.2 Å². The van der Waals surface area contributed by atoms with E-state index in [0.717, 1.165) is 36.7 Å². The largest absolute Gasteiger partial charge is 0.497 e. The Morgan fingerprint density at radius 2 is 1.90 bits per heavy atom. The van der Waals surface area contributed by atoms with Crippen LogP contribution in [0.3, 0.4) is 0 Å². The molecule has 2 N–H and O–H groups in total. The van der Waals surface area contributed by atoms with Crippen LogP contribution in [0.1, 0.15) is 11.6 Å². The van der Waals surface area contributed by atoms with E-state index >= 15 is 0 Å². The molecular formula is C15H23N3O2. The Bertz CT molecular complexity index is 472. The van der Waals surface area contributed by atoms with E-state index in [-0.39, 0.29) is 6.04 Å². The van der Waals surface area contributed by atoms with Gasteiger partial charge < -0.3 is 15.2 Å². The van der Waals surface area contributed by atoms with Crippen molar-refractivity contribution < 1.29 is 9.47 Å². The summed E-state index contributed by atoms with van der Waals surface area (Å²) < 4.78 is 10.8. The Morgan fingerprint density at radius 3 is 2.45 bits per heavy atom. The molecule has 4 rings (SSSR count). The number of nitrogens with two attached hydrogens (primary N) is 1. The SMILES string of the molecule is COc1ccc(OC)c(C(N)C2CN3CCN2CC3)c1. The summed E-state index contributed by atoms with van der Waals surface area (Å²) in [7, 11) is 3.36. The monoisotopic (exact) mass is 277 g/mol. The van der Waals surface area contributed by atoms with Crippen molar-refractivity contribution in [1.82, 2.24) is 9.80 Å². The van der Waals surface area contributed by atoms with Crippen molar-refractivity contribution in [2.75, 3.05) is 46.9 Å². The van der Waals surface area contributed by atoms with Crippen molar-refractivity contribution in [1.29, 1.82) is 0 Å². The molecule has 3 heterocycles. The molecule has 20 heavy (non-hydrogen) atoms. The minimum Gasteiger partial charge on any atom is -0.497 e. The number of piperazine rings is 3. The predicted molar refractivity (Wildman–Crippen MR) is 78.3 cm³/mol. The first-order valence-corrected chi connectivity index (χ1v) is 7.17. The summed E-state index contributed by atoms with van der Waals surface area (Å²) in [6, 6.07) is 6.15. The highest BCUT2D eigenvalue weighted by Gasteiger charge is 2.36. The van der Waals surface area contributed by atoms with E-state index in [1.807, 2.05) is 18.2 Å². The number of nitrogens with zero attached hydrogens (tertiary/aromatic N) is 2. The van der Waals surface area contributed by atoms with E-state index in [1.165, 1.54) is 13.1 Å². The maximum absolute atomic E-state index is 6.55. The number of hydrogen-bond donors (Lipinski definition) is 1. The van der Waals surface area contributed by atoms with Crippen LogP contribution in [0.2, 0.25) is 0 Å². The molecule has 1 aromatic carbocycles. The molecule has 0 saturated carbocycles. The van der Waals surface area contributed by atoms with Crippen molar-refractivity contribution in [2.24, 2.45) is 5.73 Å². The lowest BCUT2D eigenvalue weighted by atomic mass is 9.94. The average molecular weight is 277 g/mol. The van der Waals surface area contributed by atoms with Gasteiger partial charge in [0.2, 0.25) is 0 Å². The zero-order valence-corrected chi connectivity index (χ0v) is 12.2. The summed E-state index contributed by atoms with van der Waals surface area (Å²) in [4.78, 5) is 5.00. The standard InChI is InChI=1S/C15H23N3O2/c1-19-11-3-4-14(20-2)12(9-11)15(16)13-10-17-5-7-18(13)8-6-17/h3-4,9,13,15H,5-8,10,16H2,1-2H3. The number of benzene rings is 1. The third-order valence-corrected chi connectivity index (χ3v) is 4.53. The van der Waals surface area contributed by atoms with Crippen molar-refractivity contribution in [3.8, 4) is 11.5 Å². The predicted octanol–water partition coefficient (Wildman–Crippen LogP) is 0.703. The molecule has 5 heteroatoms. The first-order valence-electron chi connectivity index (χ1n) is 7.17. The van der Waals surface area contributed by atoms with Gasteiger partial charge in [-0.1, -0.05) is 0 Å². The molecule has 2 bridgehead atoms. The van der Waals surface area contributed by atoms with E-state index in [0.29, 0.717) is 6.04 Å². The van der Waals surface area contributed by atoms with Gasteiger partial charge in [-0.2, -0.15) is 0 Å². The fourth-order valence-corrected chi connectivity index (χ4v) is 3.31. The molecule has 0 amide bonds. The van der Waals surface area contributed by atoms with E-state index in [9.17, 15) is 0 Å². The number of rotatable bonds is 4. The third kappa shape index (κ3) is 2.37. The summed E-state index contributed by atoms with van der Waals surface area (Å²) >= 11 is 0. The molecule has 0 spiro atoms. The second kappa shape index (κ2) is 5.60. The molecule has 3 saturated heterocycles. The molecule has 1 aromatic rings. The van der Waals surface area contributed by atoms with Gasteiger partial charge in [0.25, 0.3) is 0 Å². The van der Waals surface area contributed by atoms with Gasteiger partial charge in [-0.3, -0.25) is 9.80 Å². The molecule has 2 unspecified atom stereocenters. The number of methoxy groups -OCH3 is 2. The number of hydrogen-bond acceptors (Lipinski definition) is 5. The first-order chi connectivity index (χ1) is 9.72. The van der Waals surface area contributed by atoms with Crippen LogP contribution in [-0.4, -0.2) is 62.8 Å². The summed E-state index contributed by atoms with van der Waals surface area (Å²) in [6.07, 6.45) is 0. The van der Waals surface area contributed by atoms with Crippen LogP contribution in [0.5, 0.6) is 11.5 Å². The Labute approximate surface area is 120 Å². The normalized spacial score (nSPS) is 30.1. The molecule has 3 fully saturated rings. The highest BCUT2D eigenvalue weighted by atomic mass is 16.5.